The van der Waals surface area contributed by atoms with Crippen molar-refractivity contribution in [3.8, 4) is 11.1 Å². The fourth-order valence-corrected chi connectivity index (χ4v) is 7.21. The Morgan fingerprint density at radius 2 is 1.35 bits per heavy atom. The normalized spacial score (nSPS) is 16.3. The minimum Gasteiger partial charge on any atom is -0.449 e. The molecule has 52 heavy (non-hydrogen) atoms. The van der Waals surface area contributed by atoms with E-state index in [-0.39, 0.29) is 31.3 Å². The molecular weight excluding hydrogens is 656 g/mol. The van der Waals surface area contributed by atoms with Gasteiger partial charge in [0.25, 0.3) is 5.91 Å². The number of carbonyl (C=O) groups is 4. The molecule has 1 fully saturated rings. The lowest BCUT2D eigenvalue weighted by molar-refractivity contribution is -0.185. The van der Waals surface area contributed by atoms with Gasteiger partial charge >= 0.3 is 6.09 Å². The molecule has 0 saturated carbocycles. The number of hydroxylamine groups is 2. The molecule has 4 aromatic carbocycles. The van der Waals surface area contributed by atoms with E-state index in [2.05, 4.69) is 10.6 Å². The summed E-state index contributed by atoms with van der Waals surface area (Å²) >= 11 is 0. The van der Waals surface area contributed by atoms with Crippen LogP contribution in [0.3, 0.4) is 0 Å². The zero-order chi connectivity index (χ0) is 36.8. The average Bonchev–Trinajstić information content (AvgIpc) is 3.76. The van der Waals surface area contributed by atoms with Crippen LogP contribution in [0.2, 0.25) is 0 Å². The number of amides is 4. The molecule has 0 bridgehead atoms. The molecule has 4 aromatic rings. The van der Waals surface area contributed by atoms with Gasteiger partial charge in [-0.1, -0.05) is 109 Å². The maximum Gasteiger partial charge on any atom is 0.407 e. The standard InChI is InChI=1S/C42H46N4O6/c1-42(2,3)44-38(47)36-23-14-24-45(36)40(49)37(26-29-17-8-5-9-18-29)46(51)39(48)35(25-28-15-6-4-7-16-28)43-41(50)52-27-34-32-21-12-10-19-30(32)31-20-11-13-22-33(31)34/h4-13,15-22,34-37,51H,14,23-27H2,1-3H3,(H,43,50)(H,44,47)/t35-,36-,37-/m0/s1. The number of fused-ring (bicyclic) bond motifs is 3. The van der Waals surface area contributed by atoms with Crippen molar-refractivity contribution in [1.82, 2.24) is 20.6 Å². The third-order valence-electron chi connectivity index (χ3n) is 9.63. The molecule has 0 spiro atoms. The van der Waals surface area contributed by atoms with Gasteiger partial charge in [0.1, 0.15) is 24.7 Å². The highest BCUT2D eigenvalue weighted by Gasteiger charge is 2.42. The number of alkyl carbamates (subject to hydrolysis) is 1. The highest BCUT2D eigenvalue weighted by Crippen LogP contribution is 2.44. The summed E-state index contributed by atoms with van der Waals surface area (Å²) < 4.78 is 5.78. The van der Waals surface area contributed by atoms with Gasteiger partial charge in [-0.3, -0.25) is 19.6 Å². The van der Waals surface area contributed by atoms with Gasteiger partial charge in [-0.15, -0.1) is 0 Å². The van der Waals surface area contributed by atoms with Crippen LogP contribution in [0.15, 0.2) is 109 Å². The van der Waals surface area contributed by atoms with Crippen molar-refractivity contribution in [2.45, 2.75) is 76.0 Å². The third-order valence-corrected chi connectivity index (χ3v) is 9.63. The number of nitrogens with zero attached hydrogens (tertiary/aromatic N) is 2. The Labute approximate surface area is 304 Å². The zero-order valence-corrected chi connectivity index (χ0v) is 29.8. The summed E-state index contributed by atoms with van der Waals surface area (Å²) in [5, 5.41) is 17.8. The summed E-state index contributed by atoms with van der Waals surface area (Å²) in [7, 11) is 0. The Hall–Kier alpha value is -5.48. The van der Waals surface area contributed by atoms with Crippen LogP contribution in [0.5, 0.6) is 0 Å². The lowest BCUT2D eigenvalue weighted by atomic mass is 9.98. The van der Waals surface area contributed by atoms with Gasteiger partial charge in [-0.25, -0.2) is 9.86 Å². The first-order valence-electron chi connectivity index (χ1n) is 17.8. The van der Waals surface area contributed by atoms with E-state index in [0.29, 0.717) is 30.0 Å². The van der Waals surface area contributed by atoms with Crippen molar-refractivity contribution in [3.05, 3.63) is 131 Å². The fourth-order valence-electron chi connectivity index (χ4n) is 7.21. The fraction of sp³-hybridized carbons (Fsp3) is 0.333. The Morgan fingerprint density at radius 1 is 0.808 bits per heavy atom. The number of rotatable bonds is 11. The van der Waals surface area contributed by atoms with Crippen molar-refractivity contribution >= 4 is 23.8 Å². The van der Waals surface area contributed by atoms with Gasteiger partial charge in [-0.05, 0) is 67.0 Å². The van der Waals surface area contributed by atoms with Gasteiger partial charge in [0.15, 0.2) is 0 Å². The Balaban J connectivity index is 1.23. The largest absolute Gasteiger partial charge is 0.449 e. The average molecular weight is 703 g/mol. The lowest BCUT2D eigenvalue weighted by Gasteiger charge is -2.34. The van der Waals surface area contributed by atoms with Crippen molar-refractivity contribution in [1.29, 1.82) is 0 Å². The van der Waals surface area contributed by atoms with Gasteiger partial charge in [0.2, 0.25) is 11.8 Å². The summed E-state index contributed by atoms with van der Waals surface area (Å²) in [6.45, 7) is 5.95. The first kappa shape index (κ1) is 36.3. The predicted molar refractivity (Wildman–Crippen MR) is 197 cm³/mol. The molecule has 0 radical (unpaired) electrons. The van der Waals surface area contributed by atoms with Crippen LogP contribution in [0, 0.1) is 0 Å². The Morgan fingerprint density at radius 3 is 1.92 bits per heavy atom. The SMILES string of the molecule is CC(C)(C)NC(=O)[C@@H]1CCCN1C(=O)[C@H](Cc1ccccc1)N(O)C(=O)[C@H](Cc1ccccc1)NC(=O)OCC1c2ccccc2-c2ccccc21. The number of benzene rings is 4. The number of likely N-dealkylation sites (tertiary alicyclic amines) is 1. The van der Waals surface area contributed by atoms with E-state index >= 15 is 0 Å². The molecule has 1 aliphatic heterocycles. The zero-order valence-electron chi connectivity index (χ0n) is 29.8. The van der Waals surface area contributed by atoms with Crippen LogP contribution in [-0.4, -0.2) is 75.8 Å². The predicted octanol–water partition coefficient (Wildman–Crippen LogP) is 5.87. The van der Waals surface area contributed by atoms with E-state index < -0.39 is 41.6 Å². The Bertz CT molecular complexity index is 1850. The highest BCUT2D eigenvalue weighted by molar-refractivity contribution is 5.94. The summed E-state index contributed by atoms with van der Waals surface area (Å²) in [4.78, 5) is 56.8. The molecule has 0 aromatic heterocycles. The number of nitrogens with one attached hydrogen (secondary N) is 2. The molecule has 1 heterocycles. The van der Waals surface area contributed by atoms with Crippen LogP contribution >= 0.6 is 0 Å². The van der Waals surface area contributed by atoms with Crippen molar-refractivity contribution in [2.75, 3.05) is 13.2 Å². The van der Waals surface area contributed by atoms with Crippen LogP contribution < -0.4 is 10.6 Å². The summed E-state index contributed by atoms with van der Waals surface area (Å²) in [5.41, 5.74) is 5.22. The van der Waals surface area contributed by atoms with E-state index in [4.69, 9.17) is 4.74 Å². The molecule has 10 nitrogen and oxygen atoms in total. The van der Waals surface area contributed by atoms with E-state index in [0.717, 1.165) is 27.8 Å². The van der Waals surface area contributed by atoms with Crippen molar-refractivity contribution in [2.24, 2.45) is 0 Å². The summed E-state index contributed by atoms with van der Waals surface area (Å²) in [6, 6.07) is 30.8. The number of carbonyl (C=O) groups excluding carboxylic acids is 4. The minimum absolute atomic E-state index is 0.00494. The maximum atomic E-state index is 14.3. The Kier molecular flexibility index (Phi) is 11.0. The van der Waals surface area contributed by atoms with Crippen LogP contribution in [0.25, 0.3) is 11.1 Å². The number of hydrogen-bond acceptors (Lipinski definition) is 6. The van der Waals surface area contributed by atoms with Crippen LogP contribution in [0.1, 0.15) is 61.8 Å². The molecule has 3 atom stereocenters. The smallest absolute Gasteiger partial charge is 0.407 e. The highest BCUT2D eigenvalue weighted by atomic mass is 16.5. The summed E-state index contributed by atoms with van der Waals surface area (Å²) in [5.74, 6) is -1.90. The van der Waals surface area contributed by atoms with Crippen molar-refractivity contribution < 1.29 is 29.1 Å². The monoisotopic (exact) mass is 702 g/mol. The summed E-state index contributed by atoms with van der Waals surface area (Å²) in [6.07, 6.45) is 0.271. The number of hydrogen-bond donors (Lipinski definition) is 3. The number of ether oxygens (including phenoxy) is 1. The lowest BCUT2D eigenvalue weighted by Crippen LogP contribution is -2.59. The molecule has 6 rings (SSSR count). The quantitative estimate of drug-likeness (QED) is 0.133. The van der Waals surface area contributed by atoms with E-state index in [1.165, 1.54) is 4.90 Å². The second-order valence-electron chi connectivity index (χ2n) is 14.5. The van der Waals surface area contributed by atoms with Gasteiger partial charge < -0.3 is 20.3 Å². The first-order valence-corrected chi connectivity index (χ1v) is 17.8. The molecule has 1 aliphatic carbocycles. The molecule has 2 aliphatic rings. The van der Waals surface area contributed by atoms with E-state index in [1.807, 2.05) is 130 Å². The maximum absolute atomic E-state index is 14.3. The molecule has 10 heteroatoms. The van der Waals surface area contributed by atoms with Gasteiger partial charge in [-0.2, -0.15) is 0 Å². The van der Waals surface area contributed by atoms with Gasteiger partial charge in [0.05, 0.1) is 0 Å². The molecule has 3 N–H and O–H groups in total. The first-order chi connectivity index (χ1) is 25.0. The molecular formula is C42H46N4O6. The molecule has 4 amide bonds. The van der Waals surface area contributed by atoms with Gasteiger partial charge in [0, 0.05) is 30.8 Å². The molecule has 0 unspecified atom stereocenters. The topological polar surface area (TPSA) is 128 Å². The van der Waals surface area contributed by atoms with E-state index in [9.17, 15) is 24.4 Å². The van der Waals surface area contributed by atoms with Crippen LogP contribution in [0.4, 0.5) is 4.79 Å². The second kappa shape index (κ2) is 15.8. The van der Waals surface area contributed by atoms with Crippen LogP contribution in [-0.2, 0) is 32.0 Å². The minimum atomic E-state index is -1.36. The second-order valence-corrected chi connectivity index (χ2v) is 14.5. The molecule has 1 saturated heterocycles. The van der Waals surface area contributed by atoms with Crippen molar-refractivity contribution in [3.63, 3.8) is 0 Å². The molecule has 270 valence electrons. The van der Waals surface area contributed by atoms with E-state index in [1.54, 1.807) is 0 Å². The third kappa shape index (κ3) is 8.35.